The molecule has 0 saturated heterocycles. The molecule has 0 spiro atoms. The number of rotatable bonds is 10. The van der Waals surface area contributed by atoms with E-state index < -0.39 is 0 Å². The Morgan fingerprint density at radius 2 is 1.61 bits per heavy atom. The summed E-state index contributed by atoms with van der Waals surface area (Å²) >= 11 is 0. The summed E-state index contributed by atoms with van der Waals surface area (Å²) in [5.41, 5.74) is 7.12. The molecule has 0 N–H and O–H groups in total. The SMILES string of the molecule is CCC(C)C/C(=C\c1ccc(C(C)C)cc1)C(/C=C/C1=CC=C(C(C)C)C=CC1)CC. The highest BCUT2D eigenvalue weighted by Gasteiger charge is 2.13. The fourth-order valence-corrected chi connectivity index (χ4v) is 3.98. The summed E-state index contributed by atoms with van der Waals surface area (Å²) in [6.45, 7) is 16.0. The lowest BCUT2D eigenvalue weighted by Gasteiger charge is -2.20. The Kier molecular flexibility index (Phi) is 10.3. The second-order valence-electron chi connectivity index (χ2n) is 9.80. The molecule has 1 aliphatic carbocycles. The molecule has 0 amide bonds. The molecular formula is C31H44. The van der Waals surface area contributed by atoms with Crippen LogP contribution in [0.25, 0.3) is 6.08 Å². The molecule has 1 aromatic carbocycles. The van der Waals surface area contributed by atoms with Gasteiger partial charge < -0.3 is 0 Å². The maximum absolute atomic E-state index is 2.45. The molecule has 31 heavy (non-hydrogen) atoms. The van der Waals surface area contributed by atoms with Crippen LogP contribution in [0.4, 0.5) is 0 Å². The Labute approximate surface area is 192 Å². The van der Waals surface area contributed by atoms with Gasteiger partial charge in [0.25, 0.3) is 0 Å². The average Bonchev–Trinajstić information content (AvgIpc) is 3.00. The number of hydrogen-bond donors (Lipinski definition) is 0. The third-order valence-corrected chi connectivity index (χ3v) is 6.52. The normalized spacial score (nSPS) is 17.1. The Bertz CT molecular complexity index is 821. The Morgan fingerprint density at radius 3 is 2.19 bits per heavy atom. The fraction of sp³-hybridized carbons (Fsp3) is 0.484. The minimum absolute atomic E-state index is 0.487. The lowest BCUT2D eigenvalue weighted by atomic mass is 9.86. The third kappa shape index (κ3) is 8.17. The van der Waals surface area contributed by atoms with Crippen molar-refractivity contribution >= 4 is 6.08 Å². The highest BCUT2D eigenvalue weighted by molar-refractivity contribution is 5.55. The predicted octanol–water partition coefficient (Wildman–Crippen LogP) is 9.68. The maximum Gasteiger partial charge on any atom is -0.00192 e. The van der Waals surface area contributed by atoms with E-state index in [-0.39, 0.29) is 0 Å². The van der Waals surface area contributed by atoms with E-state index in [1.165, 1.54) is 35.1 Å². The van der Waals surface area contributed by atoms with Crippen molar-refractivity contribution in [1.82, 2.24) is 0 Å². The Balaban J connectivity index is 2.28. The van der Waals surface area contributed by atoms with E-state index in [1.54, 1.807) is 5.57 Å². The maximum atomic E-state index is 2.45. The summed E-state index contributed by atoms with van der Waals surface area (Å²) in [4.78, 5) is 0. The number of benzene rings is 1. The van der Waals surface area contributed by atoms with Crippen LogP contribution in [0.2, 0.25) is 0 Å². The molecule has 0 saturated carbocycles. The van der Waals surface area contributed by atoms with E-state index in [0.29, 0.717) is 23.7 Å². The van der Waals surface area contributed by atoms with E-state index in [1.807, 2.05) is 0 Å². The minimum atomic E-state index is 0.487. The monoisotopic (exact) mass is 416 g/mol. The topological polar surface area (TPSA) is 0 Å². The average molecular weight is 417 g/mol. The van der Waals surface area contributed by atoms with E-state index in [9.17, 15) is 0 Å². The molecule has 2 atom stereocenters. The van der Waals surface area contributed by atoms with Crippen LogP contribution in [-0.4, -0.2) is 0 Å². The zero-order chi connectivity index (χ0) is 22.8. The van der Waals surface area contributed by atoms with Crippen molar-refractivity contribution in [2.24, 2.45) is 17.8 Å². The third-order valence-electron chi connectivity index (χ3n) is 6.52. The molecule has 0 nitrogen and oxygen atoms in total. The molecule has 0 bridgehead atoms. The van der Waals surface area contributed by atoms with Gasteiger partial charge in [0.2, 0.25) is 0 Å². The van der Waals surface area contributed by atoms with Gasteiger partial charge in [0.15, 0.2) is 0 Å². The van der Waals surface area contributed by atoms with Crippen molar-refractivity contribution in [3.63, 3.8) is 0 Å². The Morgan fingerprint density at radius 1 is 0.903 bits per heavy atom. The minimum Gasteiger partial charge on any atom is -0.0799 e. The van der Waals surface area contributed by atoms with Crippen LogP contribution in [0.5, 0.6) is 0 Å². The smallest absolute Gasteiger partial charge is 0.00192 e. The van der Waals surface area contributed by atoms with Crippen LogP contribution >= 0.6 is 0 Å². The molecule has 0 fully saturated rings. The summed E-state index contributed by atoms with van der Waals surface area (Å²) < 4.78 is 0. The summed E-state index contributed by atoms with van der Waals surface area (Å²) in [6.07, 6.45) is 21.0. The molecule has 1 aromatic rings. The molecule has 1 aliphatic rings. The summed E-state index contributed by atoms with van der Waals surface area (Å²) in [6, 6.07) is 9.16. The van der Waals surface area contributed by atoms with Crippen LogP contribution in [0.1, 0.15) is 91.2 Å². The van der Waals surface area contributed by atoms with Gasteiger partial charge in [-0.1, -0.05) is 127 Å². The molecule has 0 heterocycles. The predicted molar refractivity (Wildman–Crippen MR) is 140 cm³/mol. The van der Waals surface area contributed by atoms with E-state index in [2.05, 4.69) is 115 Å². The molecule has 0 radical (unpaired) electrons. The van der Waals surface area contributed by atoms with Crippen molar-refractivity contribution in [2.75, 3.05) is 0 Å². The number of hydrogen-bond acceptors (Lipinski definition) is 0. The van der Waals surface area contributed by atoms with Gasteiger partial charge in [-0.25, -0.2) is 0 Å². The van der Waals surface area contributed by atoms with Gasteiger partial charge in [-0.05, 0) is 65.2 Å². The van der Waals surface area contributed by atoms with Gasteiger partial charge >= 0.3 is 0 Å². The summed E-state index contributed by atoms with van der Waals surface area (Å²) in [5, 5.41) is 0. The van der Waals surface area contributed by atoms with E-state index >= 15 is 0 Å². The quantitative estimate of drug-likeness (QED) is 0.356. The van der Waals surface area contributed by atoms with Crippen LogP contribution in [-0.2, 0) is 0 Å². The van der Waals surface area contributed by atoms with Crippen molar-refractivity contribution in [2.45, 2.75) is 80.1 Å². The van der Waals surface area contributed by atoms with Gasteiger partial charge in [-0.2, -0.15) is 0 Å². The van der Waals surface area contributed by atoms with Gasteiger partial charge in [-0.3, -0.25) is 0 Å². The zero-order valence-electron chi connectivity index (χ0n) is 21.0. The molecule has 2 unspecified atom stereocenters. The zero-order valence-corrected chi connectivity index (χ0v) is 21.0. The first-order valence-corrected chi connectivity index (χ1v) is 12.4. The van der Waals surface area contributed by atoms with Crippen LogP contribution < -0.4 is 0 Å². The fourth-order valence-electron chi connectivity index (χ4n) is 3.98. The van der Waals surface area contributed by atoms with Gasteiger partial charge in [0, 0.05) is 0 Å². The highest BCUT2D eigenvalue weighted by Crippen LogP contribution is 2.29. The molecule has 2 rings (SSSR count). The van der Waals surface area contributed by atoms with Crippen molar-refractivity contribution in [3.8, 4) is 0 Å². The lowest BCUT2D eigenvalue weighted by molar-refractivity contribution is 0.527. The van der Waals surface area contributed by atoms with Gasteiger partial charge in [0.05, 0.1) is 0 Å². The standard InChI is InChI=1S/C31H44/c1-8-25(7)21-31(22-27-15-19-30(20-16-27)24(5)6)28(9-2)17-13-26-11-10-12-29(18-14-26)23(3)4/h10,12-20,22-25,28H,8-9,11,21H2,1-7H3/b17-13+,31-22+. The summed E-state index contributed by atoms with van der Waals surface area (Å²) in [5.74, 6) is 2.35. The molecule has 0 aliphatic heterocycles. The van der Waals surface area contributed by atoms with E-state index in [0.717, 1.165) is 12.8 Å². The van der Waals surface area contributed by atoms with Crippen LogP contribution in [0, 0.1) is 17.8 Å². The molecule has 0 heteroatoms. The molecule has 0 aromatic heterocycles. The van der Waals surface area contributed by atoms with Crippen molar-refractivity contribution < 1.29 is 0 Å². The van der Waals surface area contributed by atoms with Gasteiger partial charge in [0.1, 0.15) is 0 Å². The molecule has 168 valence electrons. The Hall–Kier alpha value is -2.08. The lowest BCUT2D eigenvalue weighted by Crippen LogP contribution is -2.05. The first-order valence-electron chi connectivity index (χ1n) is 12.4. The summed E-state index contributed by atoms with van der Waals surface area (Å²) in [7, 11) is 0. The van der Waals surface area contributed by atoms with Crippen LogP contribution in [0.3, 0.4) is 0 Å². The van der Waals surface area contributed by atoms with E-state index in [4.69, 9.17) is 0 Å². The van der Waals surface area contributed by atoms with Crippen LogP contribution in [0.15, 0.2) is 77.4 Å². The first kappa shape index (κ1) is 25.2. The highest BCUT2D eigenvalue weighted by atomic mass is 14.2. The largest absolute Gasteiger partial charge is 0.0799 e. The van der Waals surface area contributed by atoms with Crippen molar-refractivity contribution in [3.05, 3.63) is 88.6 Å². The van der Waals surface area contributed by atoms with Crippen molar-refractivity contribution in [1.29, 1.82) is 0 Å². The first-order chi connectivity index (χ1) is 14.8. The second kappa shape index (κ2) is 12.7. The molecular weight excluding hydrogens is 372 g/mol. The number of allylic oxidation sites excluding steroid dienone is 9. The second-order valence-corrected chi connectivity index (χ2v) is 9.80. The van der Waals surface area contributed by atoms with Gasteiger partial charge in [-0.15, -0.1) is 0 Å².